The first-order chi connectivity index (χ1) is 8.22. The van der Waals surface area contributed by atoms with Crippen molar-refractivity contribution in [1.29, 1.82) is 0 Å². The van der Waals surface area contributed by atoms with Crippen LogP contribution in [0.4, 0.5) is 0 Å². The van der Waals surface area contributed by atoms with Gasteiger partial charge in [0, 0.05) is 18.1 Å². The molecule has 0 fully saturated rings. The number of benzene rings is 1. The molecule has 1 aromatic heterocycles. The Kier molecular flexibility index (Phi) is 2.88. The molecule has 0 spiro atoms. The quantitative estimate of drug-likeness (QED) is 0.733. The van der Waals surface area contributed by atoms with Crippen molar-refractivity contribution in [2.75, 3.05) is 6.61 Å². The van der Waals surface area contributed by atoms with Crippen molar-refractivity contribution < 1.29 is 4.74 Å². The zero-order chi connectivity index (χ0) is 11.8. The van der Waals surface area contributed by atoms with Crippen molar-refractivity contribution in [2.24, 2.45) is 0 Å². The van der Waals surface area contributed by atoms with Crippen LogP contribution >= 0.6 is 31.9 Å². The molecule has 1 aliphatic heterocycles. The molecule has 0 N–H and O–H groups in total. The standard InChI is InChI=1S/C12H8Br2N2O/c13-10-6-11(14)16-12(15-10)8-1-2-9-7(5-8)3-4-17-9/h1-2,5-6H,3-4H2. The van der Waals surface area contributed by atoms with E-state index >= 15 is 0 Å². The van der Waals surface area contributed by atoms with E-state index < -0.39 is 0 Å². The fourth-order valence-corrected chi connectivity index (χ4v) is 2.92. The molecule has 3 nitrogen and oxygen atoms in total. The zero-order valence-corrected chi connectivity index (χ0v) is 12.0. The molecule has 17 heavy (non-hydrogen) atoms. The van der Waals surface area contributed by atoms with E-state index in [-0.39, 0.29) is 0 Å². The van der Waals surface area contributed by atoms with Gasteiger partial charge in [-0.2, -0.15) is 0 Å². The summed E-state index contributed by atoms with van der Waals surface area (Å²) in [6.45, 7) is 0.766. The minimum atomic E-state index is 0.709. The molecule has 0 radical (unpaired) electrons. The minimum Gasteiger partial charge on any atom is -0.493 e. The molecule has 0 saturated heterocycles. The lowest BCUT2D eigenvalue weighted by Crippen LogP contribution is -1.91. The zero-order valence-electron chi connectivity index (χ0n) is 8.78. The maximum atomic E-state index is 5.48. The number of ether oxygens (including phenoxy) is 1. The molecule has 1 aromatic carbocycles. The highest BCUT2D eigenvalue weighted by atomic mass is 79.9. The van der Waals surface area contributed by atoms with Gasteiger partial charge in [-0.05, 0) is 55.6 Å². The molecule has 0 atom stereocenters. The van der Waals surface area contributed by atoms with Crippen molar-refractivity contribution in [3.63, 3.8) is 0 Å². The lowest BCUT2D eigenvalue weighted by atomic mass is 10.1. The van der Waals surface area contributed by atoms with Gasteiger partial charge in [0.2, 0.25) is 0 Å². The van der Waals surface area contributed by atoms with E-state index in [1.165, 1.54) is 5.56 Å². The predicted molar refractivity (Wildman–Crippen MR) is 72.1 cm³/mol. The molecule has 86 valence electrons. The molecule has 2 aromatic rings. The van der Waals surface area contributed by atoms with Gasteiger partial charge >= 0.3 is 0 Å². The van der Waals surface area contributed by atoms with Crippen molar-refractivity contribution in [1.82, 2.24) is 9.97 Å². The molecule has 0 unspecified atom stereocenters. The van der Waals surface area contributed by atoms with Crippen LogP contribution in [0.3, 0.4) is 0 Å². The molecular formula is C12H8Br2N2O. The van der Waals surface area contributed by atoms with E-state index in [2.05, 4.69) is 47.9 Å². The Hall–Kier alpha value is -0.940. The highest BCUT2D eigenvalue weighted by Gasteiger charge is 2.14. The molecule has 0 bridgehead atoms. The Bertz CT molecular complexity index is 566. The van der Waals surface area contributed by atoms with E-state index in [4.69, 9.17) is 4.74 Å². The highest BCUT2D eigenvalue weighted by Crippen LogP contribution is 2.30. The first-order valence-electron chi connectivity index (χ1n) is 5.18. The van der Waals surface area contributed by atoms with Crippen LogP contribution in [0.15, 0.2) is 33.5 Å². The maximum Gasteiger partial charge on any atom is 0.161 e. The first-order valence-corrected chi connectivity index (χ1v) is 6.77. The Labute approximate surface area is 116 Å². The Morgan fingerprint density at radius 3 is 2.59 bits per heavy atom. The number of rotatable bonds is 1. The maximum absolute atomic E-state index is 5.48. The second kappa shape index (κ2) is 4.38. The van der Waals surface area contributed by atoms with Gasteiger partial charge in [0.1, 0.15) is 15.0 Å². The van der Waals surface area contributed by atoms with Gasteiger partial charge in [-0.15, -0.1) is 0 Å². The van der Waals surface area contributed by atoms with Gasteiger partial charge in [0.25, 0.3) is 0 Å². The van der Waals surface area contributed by atoms with E-state index in [1.807, 2.05) is 18.2 Å². The van der Waals surface area contributed by atoms with E-state index in [0.29, 0.717) is 5.82 Å². The second-order valence-corrected chi connectivity index (χ2v) is 5.38. The second-order valence-electron chi connectivity index (χ2n) is 3.76. The van der Waals surface area contributed by atoms with Gasteiger partial charge in [-0.3, -0.25) is 0 Å². The Balaban J connectivity index is 2.09. The van der Waals surface area contributed by atoms with E-state index in [9.17, 15) is 0 Å². The summed E-state index contributed by atoms with van der Waals surface area (Å²) in [6, 6.07) is 7.88. The van der Waals surface area contributed by atoms with Crippen LogP contribution in [0.1, 0.15) is 5.56 Å². The molecule has 2 heterocycles. The summed E-state index contributed by atoms with van der Waals surface area (Å²) in [5.41, 5.74) is 2.23. The first kappa shape index (κ1) is 11.2. The van der Waals surface area contributed by atoms with Crippen molar-refractivity contribution in [3.8, 4) is 17.1 Å². The molecule has 0 aliphatic carbocycles. The van der Waals surface area contributed by atoms with E-state index in [1.54, 1.807) is 0 Å². The normalized spacial score (nSPS) is 13.3. The van der Waals surface area contributed by atoms with Crippen LogP contribution in [0.25, 0.3) is 11.4 Å². The molecule has 5 heteroatoms. The van der Waals surface area contributed by atoms with Crippen molar-refractivity contribution >= 4 is 31.9 Å². The average Bonchev–Trinajstić information content (AvgIpc) is 2.74. The summed E-state index contributed by atoms with van der Waals surface area (Å²) in [5, 5.41) is 0. The Morgan fingerprint density at radius 2 is 1.82 bits per heavy atom. The number of halogens is 2. The highest BCUT2D eigenvalue weighted by molar-refractivity contribution is 9.11. The van der Waals surface area contributed by atoms with Crippen LogP contribution in [-0.2, 0) is 6.42 Å². The van der Waals surface area contributed by atoms with Crippen LogP contribution in [0.5, 0.6) is 5.75 Å². The Morgan fingerprint density at radius 1 is 1.06 bits per heavy atom. The molecule has 3 rings (SSSR count). The minimum absolute atomic E-state index is 0.709. The summed E-state index contributed by atoms with van der Waals surface area (Å²) in [6.07, 6.45) is 0.957. The summed E-state index contributed by atoms with van der Waals surface area (Å²) >= 11 is 6.73. The van der Waals surface area contributed by atoms with Crippen LogP contribution in [0.2, 0.25) is 0 Å². The topological polar surface area (TPSA) is 35.0 Å². The lowest BCUT2D eigenvalue weighted by molar-refractivity contribution is 0.357. The lowest BCUT2D eigenvalue weighted by Gasteiger charge is -2.04. The third kappa shape index (κ3) is 2.21. The van der Waals surface area contributed by atoms with E-state index in [0.717, 1.165) is 33.5 Å². The molecule has 1 aliphatic rings. The smallest absolute Gasteiger partial charge is 0.161 e. The SMILES string of the molecule is Brc1cc(Br)nc(-c2ccc3c(c2)CCO3)n1. The van der Waals surface area contributed by atoms with Crippen molar-refractivity contribution in [2.45, 2.75) is 6.42 Å². The van der Waals surface area contributed by atoms with Gasteiger partial charge in [-0.25, -0.2) is 9.97 Å². The summed E-state index contributed by atoms with van der Waals surface area (Å²) in [4.78, 5) is 8.73. The number of aromatic nitrogens is 2. The largest absolute Gasteiger partial charge is 0.493 e. The predicted octanol–water partition coefficient (Wildman–Crippen LogP) is 3.60. The van der Waals surface area contributed by atoms with Crippen molar-refractivity contribution in [3.05, 3.63) is 39.0 Å². The molecule has 0 amide bonds. The average molecular weight is 356 g/mol. The summed E-state index contributed by atoms with van der Waals surface area (Å²) in [5.74, 6) is 1.68. The third-order valence-corrected chi connectivity index (χ3v) is 3.42. The van der Waals surface area contributed by atoms with Crippen LogP contribution < -0.4 is 4.74 Å². The van der Waals surface area contributed by atoms with Gasteiger partial charge in [0.05, 0.1) is 6.61 Å². The fraction of sp³-hybridized carbons (Fsp3) is 0.167. The summed E-state index contributed by atoms with van der Waals surface area (Å²) in [7, 11) is 0. The third-order valence-electron chi connectivity index (χ3n) is 2.61. The van der Waals surface area contributed by atoms with Crippen LogP contribution in [-0.4, -0.2) is 16.6 Å². The monoisotopic (exact) mass is 354 g/mol. The number of hydrogen-bond acceptors (Lipinski definition) is 3. The van der Waals surface area contributed by atoms with Gasteiger partial charge < -0.3 is 4.74 Å². The molecular weight excluding hydrogens is 348 g/mol. The number of hydrogen-bond donors (Lipinski definition) is 0. The number of fused-ring (bicyclic) bond motifs is 1. The molecule has 0 saturated carbocycles. The van der Waals surface area contributed by atoms with Gasteiger partial charge in [0.15, 0.2) is 5.82 Å². The van der Waals surface area contributed by atoms with Gasteiger partial charge in [-0.1, -0.05) is 0 Å². The fourth-order valence-electron chi connectivity index (χ4n) is 1.84. The number of nitrogens with zero attached hydrogens (tertiary/aromatic N) is 2. The van der Waals surface area contributed by atoms with Crippen LogP contribution in [0, 0.1) is 0 Å². The summed E-state index contributed by atoms with van der Waals surface area (Å²) < 4.78 is 7.02.